The van der Waals surface area contributed by atoms with Crippen LogP contribution in [0.15, 0.2) is 22.5 Å². The third-order valence-corrected chi connectivity index (χ3v) is 4.30. The third kappa shape index (κ3) is 4.19. The van der Waals surface area contributed by atoms with Crippen LogP contribution in [0.1, 0.15) is 29.9 Å². The van der Waals surface area contributed by atoms with Crippen LogP contribution in [0.5, 0.6) is 0 Å². The van der Waals surface area contributed by atoms with Crippen molar-refractivity contribution >= 4 is 41.3 Å². The molecule has 2 N–H and O–H groups in total. The highest BCUT2D eigenvalue weighted by Gasteiger charge is 2.16. The van der Waals surface area contributed by atoms with Gasteiger partial charge in [0.15, 0.2) is 11.8 Å². The lowest BCUT2D eigenvalue weighted by atomic mass is 10.4. The van der Waals surface area contributed by atoms with Gasteiger partial charge in [-0.1, -0.05) is 6.07 Å². The second-order valence-corrected chi connectivity index (χ2v) is 5.95. The molecule has 0 unspecified atom stereocenters. The number of nitrogens with zero attached hydrogens (tertiary/aromatic N) is 4. The minimum Gasteiger partial charge on any atom is -0.357 e. The molecule has 0 saturated heterocycles. The van der Waals surface area contributed by atoms with E-state index in [4.69, 9.17) is 0 Å². The zero-order chi connectivity index (χ0) is 14.5. The van der Waals surface area contributed by atoms with Gasteiger partial charge in [0.05, 0.1) is 6.54 Å². The van der Waals surface area contributed by atoms with E-state index in [0.29, 0.717) is 6.54 Å². The Morgan fingerprint density at radius 1 is 1.41 bits per heavy atom. The first kappa shape index (κ1) is 17.2. The summed E-state index contributed by atoms with van der Waals surface area (Å²) in [5, 5.41) is 17.1. The predicted octanol–water partition coefficient (Wildman–Crippen LogP) is 2.16. The van der Waals surface area contributed by atoms with Crippen LogP contribution in [-0.4, -0.2) is 27.3 Å². The van der Waals surface area contributed by atoms with Crippen molar-refractivity contribution in [3.63, 3.8) is 0 Å². The van der Waals surface area contributed by atoms with E-state index in [9.17, 15) is 0 Å². The molecule has 1 aliphatic heterocycles. The molecule has 0 amide bonds. The molecule has 2 aromatic heterocycles. The quantitative estimate of drug-likeness (QED) is 0.432. The number of aryl methyl sites for hydroxylation is 1. The molecule has 0 fully saturated rings. The van der Waals surface area contributed by atoms with Gasteiger partial charge in [-0.2, -0.15) is 0 Å². The van der Waals surface area contributed by atoms with E-state index in [1.165, 1.54) is 4.88 Å². The Morgan fingerprint density at radius 3 is 3.09 bits per heavy atom. The van der Waals surface area contributed by atoms with Crippen molar-refractivity contribution in [2.75, 3.05) is 6.54 Å². The Balaban J connectivity index is 0.00000176. The highest BCUT2D eigenvalue weighted by Crippen LogP contribution is 2.14. The van der Waals surface area contributed by atoms with Gasteiger partial charge < -0.3 is 15.2 Å². The number of fused-ring (bicyclic) bond motifs is 1. The van der Waals surface area contributed by atoms with Crippen molar-refractivity contribution < 1.29 is 0 Å². The molecule has 22 heavy (non-hydrogen) atoms. The predicted molar refractivity (Wildman–Crippen MR) is 99.7 cm³/mol. The standard InChI is InChI=1S/C14H20N6S.HI/c1-2-15-14(16-9-11-5-4-8-21-11)17-10-13-19-18-12-6-3-7-20(12)13;/h4-5,8H,2-3,6-7,9-10H2,1H3,(H2,15,16,17);1H. The van der Waals surface area contributed by atoms with Gasteiger partial charge in [-0.3, -0.25) is 0 Å². The molecule has 2 aromatic rings. The van der Waals surface area contributed by atoms with Crippen LogP contribution in [0.3, 0.4) is 0 Å². The molecule has 0 spiro atoms. The number of halogens is 1. The van der Waals surface area contributed by atoms with E-state index < -0.39 is 0 Å². The number of rotatable bonds is 5. The molecule has 3 rings (SSSR count). The minimum atomic E-state index is 0. The molecular formula is C14H21IN6S. The molecule has 0 atom stereocenters. The molecule has 0 radical (unpaired) electrons. The normalized spacial score (nSPS) is 13.6. The fraction of sp³-hybridized carbons (Fsp3) is 0.500. The first-order valence-corrected chi connectivity index (χ1v) is 8.20. The monoisotopic (exact) mass is 432 g/mol. The van der Waals surface area contributed by atoms with Gasteiger partial charge in [-0.15, -0.1) is 45.5 Å². The highest BCUT2D eigenvalue weighted by molar-refractivity contribution is 14.0. The lowest BCUT2D eigenvalue weighted by Gasteiger charge is -2.10. The van der Waals surface area contributed by atoms with Crippen molar-refractivity contribution in [2.45, 2.75) is 39.4 Å². The van der Waals surface area contributed by atoms with Crippen LogP contribution in [0.25, 0.3) is 0 Å². The first-order chi connectivity index (χ1) is 10.4. The number of aromatic nitrogens is 3. The lowest BCUT2D eigenvalue weighted by Crippen LogP contribution is -2.36. The van der Waals surface area contributed by atoms with E-state index in [1.807, 2.05) is 0 Å². The molecule has 8 heteroatoms. The molecule has 0 bridgehead atoms. The van der Waals surface area contributed by atoms with E-state index in [2.05, 4.69) is 54.8 Å². The van der Waals surface area contributed by atoms with Gasteiger partial charge in [-0.25, -0.2) is 4.99 Å². The maximum Gasteiger partial charge on any atom is 0.191 e. The summed E-state index contributed by atoms with van der Waals surface area (Å²) in [5.74, 6) is 2.87. The van der Waals surface area contributed by atoms with E-state index in [1.54, 1.807) is 11.3 Å². The fourth-order valence-electron chi connectivity index (χ4n) is 2.40. The van der Waals surface area contributed by atoms with Gasteiger partial charge in [0.1, 0.15) is 12.4 Å². The zero-order valence-electron chi connectivity index (χ0n) is 12.6. The summed E-state index contributed by atoms with van der Waals surface area (Å²) >= 11 is 1.74. The van der Waals surface area contributed by atoms with E-state index in [0.717, 1.165) is 50.1 Å². The lowest BCUT2D eigenvalue weighted by molar-refractivity contribution is 0.684. The largest absolute Gasteiger partial charge is 0.357 e. The Morgan fingerprint density at radius 2 is 2.32 bits per heavy atom. The molecule has 0 aromatic carbocycles. The summed E-state index contributed by atoms with van der Waals surface area (Å²) in [6, 6.07) is 4.18. The van der Waals surface area contributed by atoms with Crippen molar-refractivity contribution in [3.8, 4) is 0 Å². The molecule has 120 valence electrons. The first-order valence-electron chi connectivity index (χ1n) is 7.32. The topological polar surface area (TPSA) is 67.1 Å². The number of hydrogen-bond donors (Lipinski definition) is 2. The second kappa shape index (κ2) is 8.47. The number of hydrogen-bond acceptors (Lipinski definition) is 4. The van der Waals surface area contributed by atoms with Crippen LogP contribution < -0.4 is 10.6 Å². The number of thiophene rings is 1. The second-order valence-electron chi connectivity index (χ2n) is 4.92. The molecule has 3 heterocycles. The molecule has 6 nitrogen and oxygen atoms in total. The van der Waals surface area contributed by atoms with Crippen LogP contribution in [0.4, 0.5) is 0 Å². The summed E-state index contributed by atoms with van der Waals surface area (Å²) in [4.78, 5) is 5.90. The van der Waals surface area contributed by atoms with E-state index >= 15 is 0 Å². The van der Waals surface area contributed by atoms with Crippen molar-refractivity contribution in [3.05, 3.63) is 34.0 Å². The van der Waals surface area contributed by atoms with Gasteiger partial charge in [0, 0.05) is 24.4 Å². The average molecular weight is 432 g/mol. The van der Waals surface area contributed by atoms with E-state index in [-0.39, 0.29) is 24.0 Å². The van der Waals surface area contributed by atoms with Gasteiger partial charge in [0.2, 0.25) is 0 Å². The summed E-state index contributed by atoms with van der Waals surface area (Å²) in [7, 11) is 0. The smallest absolute Gasteiger partial charge is 0.191 e. The van der Waals surface area contributed by atoms with Crippen LogP contribution in [0, 0.1) is 0 Å². The van der Waals surface area contributed by atoms with Gasteiger partial charge in [-0.05, 0) is 24.8 Å². The summed E-state index contributed by atoms with van der Waals surface area (Å²) < 4.78 is 2.19. The van der Waals surface area contributed by atoms with Crippen molar-refractivity contribution in [1.82, 2.24) is 25.4 Å². The maximum absolute atomic E-state index is 4.61. The fourth-order valence-corrected chi connectivity index (χ4v) is 3.05. The van der Waals surface area contributed by atoms with Crippen LogP contribution >= 0.6 is 35.3 Å². The Hall–Kier alpha value is -1.16. The average Bonchev–Trinajstić information content (AvgIpc) is 3.19. The zero-order valence-corrected chi connectivity index (χ0v) is 15.7. The molecule has 0 saturated carbocycles. The highest BCUT2D eigenvalue weighted by atomic mass is 127. The SMILES string of the molecule is CCNC(=NCc1nnc2n1CCC2)NCc1cccs1.I. The van der Waals surface area contributed by atoms with Crippen molar-refractivity contribution in [1.29, 1.82) is 0 Å². The number of aliphatic imine (C=N–C) groups is 1. The molecule has 0 aliphatic carbocycles. The summed E-state index contributed by atoms with van der Waals surface area (Å²) in [5.41, 5.74) is 0. The maximum atomic E-state index is 4.61. The summed E-state index contributed by atoms with van der Waals surface area (Å²) in [6.45, 7) is 5.28. The Labute approximate surface area is 151 Å². The molecular weight excluding hydrogens is 411 g/mol. The summed E-state index contributed by atoms with van der Waals surface area (Å²) in [6.07, 6.45) is 2.20. The number of nitrogens with one attached hydrogen (secondary N) is 2. The third-order valence-electron chi connectivity index (χ3n) is 3.42. The van der Waals surface area contributed by atoms with Crippen LogP contribution in [0.2, 0.25) is 0 Å². The Bertz CT molecular complexity index is 607. The van der Waals surface area contributed by atoms with Gasteiger partial charge in [0.25, 0.3) is 0 Å². The van der Waals surface area contributed by atoms with Gasteiger partial charge >= 0.3 is 0 Å². The van der Waals surface area contributed by atoms with Crippen LogP contribution in [-0.2, 0) is 26.1 Å². The number of guanidine groups is 1. The van der Waals surface area contributed by atoms with Crippen molar-refractivity contribution in [2.24, 2.45) is 4.99 Å². The Kier molecular flexibility index (Phi) is 6.62. The minimum absolute atomic E-state index is 0. The molecule has 1 aliphatic rings.